The van der Waals surface area contributed by atoms with Gasteiger partial charge < -0.3 is 10.2 Å². The molecule has 1 aromatic heterocycles. The Morgan fingerprint density at radius 2 is 2.32 bits per heavy atom. The van der Waals surface area contributed by atoms with Crippen LogP contribution in [0.5, 0.6) is 0 Å². The quantitative estimate of drug-likeness (QED) is 0.830. The number of aromatic nitrogens is 2. The zero-order valence-electron chi connectivity index (χ0n) is 11.5. The van der Waals surface area contributed by atoms with E-state index in [0.29, 0.717) is 11.0 Å². The van der Waals surface area contributed by atoms with E-state index in [0.717, 1.165) is 31.2 Å². The lowest BCUT2D eigenvalue weighted by Crippen LogP contribution is -2.28. The Kier molecular flexibility index (Phi) is 4.99. The molecule has 0 saturated heterocycles. The Morgan fingerprint density at radius 1 is 1.58 bits per heavy atom. The van der Waals surface area contributed by atoms with Gasteiger partial charge in [-0.1, -0.05) is 6.92 Å². The largest absolute Gasteiger partial charge is 0.381 e. The average molecular weight is 329 g/mol. The number of nitrogens with one attached hydrogen (secondary N) is 1. The average Bonchev–Trinajstić information content (AvgIpc) is 3.22. The number of anilines is 1. The number of rotatable bonds is 7. The first-order chi connectivity index (χ1) is 9.13. The van der Waals surface area contributed by atoms with E-state index >= 15 is 0 Å². The van der Waals surface area contributed by atoms with Gasteiger partial charge in [-0.3, -0.25) is 4.79 Å². The summed E-state index contributed by atoms with van der Waals surface area (Å²) in [6.07, 6.45) is 5.25. The van der Waals surface area contributed by atoms with Crippen LogP contribution in [-0.2, 0) is 6.54 Å². The summed E-state index contributed by atoms with van der Waals surface area (Å²) in [4.78, 5) is 14.4. The first kappa shape index (κ1) is 14.5. The monoisotopic (exact) mass is 328 g/mol. The van der Waals surface area contributed by atoms with Crippen molar-refractivity contribution in [3.8, 4) is 0 Å². The lowest BCUT2D eigenvalue weighted by molar-refractivity contribution is 0.337. The third-order valence-corrected chi connectivity index (χ3v) is 4.14. The topological polar surface area (TPSA) is 50.2 Å². The summed E-state index contributed by atoms with van der Waals surface area (Å²) in [6, 6.07) is 0.765. The summed E-state index contributed by atoms with van der Waals surface area (Å²) < 4.78 is 2.07. The second-order valence-corrected chi connectivity index (χ2v) is 5.83. The summed E-state index contributed by atoms with van der Waals surface area (Å²) in [5, 5.41) is 7.44. The van der Waals surface area contributed by atoms with Gasteiger partial charge in [-0.25, -0.2) is 4.68 Å². The molecule has 1 aliphatic rings. The van der Waals surface area contributed by atoms with Crippen LogP contribution in [0.25, 0.3) is 0 Å². The molecule has 1 saturated carbocycles. The molecular weight excluding hydrogens is 308 g/mol. The van der Waals surface area contributed by atoms with Crippen LogP contribution in [0, 0.1) is 0 Å². The lowest BCUT2D eigenvalue weighted by Gasteiger charge is -2.16. The van der Waals surface area contributed by atoms with E-state index in [4.69, 9.17) is 0 Å². The standard InChI is InChI=1S/C13H21BrN4O/c1-3-7-18-13(19)12(14)11(9-16-18)15-6-8-17(2)10-4-5-10/h9-10,15H,3-8H2,1-2H3. The van der Waals surface area contributed by atoms with Gasteiger partial charge in [0.25, 0.3) is 5.56 Å². The Morgan fingerprint density at radius 3 is 2.95 bits per heavy atom. The molecule has 2 rings (SSSR count). The lowest BCUT2D eigenvalue weighted by atomic mass is 10.4. The molecule has 0 spiro atoms. The first-order valence-electron chi connectivity index (χ1n) is 6.83. The van der Waals surface area contributed by atoms with Crippen molar-refractivity contribution in [2.24, 2.45) is 0 Å². The summed E-state index contributed by atoms with van der Waals surface area (Å²) >= 11 is 3.36. The highest BCUT2D eigenvalue weighted by Gasteiger charge is 2.25. The van der Waals surface area contributed by atoms with Gasteiger partial charge >= 0.3 is 0 Å². The van der Waals surface area contributed by atoms with Gasteiger partial charge in [0.15, 0.2) is 0 Å². The summed E-state index contributed by atoms with van der Waals surface area (Å²) in [5.41, 5.74) is 0.712. The van der Waals surface area contributed by atoms with Crippen molar-refractivity contribution in [3.05, 3.63) is 21.0 Å². The maximum absolute atomic E-state index is 12.0. The van der Waals surface area contributed by atoms with Crippen molar-refractivity contribution < 1.29 is 0 Å². The van der Waals surface area contributed by atoms with Crippen molar-refractivity contribution in [2.75, 3.05) is 25.5 Å². The summed E-state index contributed by atoms with van der Waals surface area (Å²) in [7, 11) is 2.14. The SMILES string of the molecule is CCCn1ncc(NCCN(C)C2CC2)c(Br)c1=O. The van der Waals surface area contributed by atoms with Crippen molar-refractivity contribution >= 4 is 21.6 Å². The second kappa shape index (κ2) is 6.52. The van der Waals surface area contributed by atoms with Crippen molar-refractivity contribution in [1.82, 2.24) is 14.7 Å². The molecule has 0 radical (unpaired) electrons. The zero-order valence-corrected chi connectivity index (χ0v) is 13.1. The van der Waals surface area contributed by atoms with E-state index < -0.39 is 0 Å². The second-order valence-electron chi connectivity index (χ2n) is 5.04. The van der Waals surface area contributed by atoms with Gasteiger partial charge in [-0.05, 0) is 42.2 Å². The van der Waals surface area contributed by atoms with Crippen LogP contribution in [-0.4, -0.2) is 40.9 Å². The van der Waals surface area contributed by atoms with E-state index in [1.165, 1.54) is 17.5 Å². The van der Waals surface area contributed by atoms with Crippen molar-refractivity contribution in [3.63, 3.8) is 0 Å². The molecule has 1 fully saturated rings. The highest BCUT2D eigenvalue weighted by Crippen LogP contribution is 2.24. The Labute approximate surface area is 122 Å². The number of hydrogen-bond donors (Lipinski definition) is 1. The predicted molar refractivity (Wildman–Crippen MR) is 80.6 cm³/mol. The van der Waals surface area contributed by atoms with Gasteiger partial charge in [0.2, 0.25) is 0 Å². The number of halogens is 1. The van der Waals surface area contributed by atoms with Crippen LogP contribution in [0.2, 0.25) is 0 Å². The Hall–Kier alpha value is -0.880. The van der Waals surface area contributed by atoms with Gasteiger partial charge in [-0.2, -0.15) is 5.10 Å². The molecule has 1 aliphatic carbocycles. The number of hydrogen-bond acceptors (Lipinski definition) is 4. The Balaban J connectivity index is 1.92. The van der Waals surface area contributed by atoms with E-state index in [1.807, 2.05) is 6.92 Å². The van der Waals surface area contributed by atoms with Crippen LogP contribution in [0.3, 0.4) is 0 Å². The maximum atomic E-state index is 12.0. The van der Waals surface area contributed by atoms with Crippen LogP contribution >= 0.6 is 15.9 Å². The molecule has 0 aliphatic heterocycles. The van der Waals surface area contributed by atoms with Gasteiger partial charge in [-0.15, -0.1) is 0 Å². The highest BCUT2D eigenvalue weighted by atomic mass is 79.9. The first-order valence-corrected chi connectivity index (χ1v) is 7.62. The minimum Gasteiger partial charge on any atom is -0.381 e. The van der Waals surface area contributed by atoms with Crippen LogP contribution in [0.4, 0.5) is 5.69 Å². The smallest absolute Gasteiger partial charge is 0.283 e. The van der Waals surface area contributed by atoms with E-state index in [-0.39, 0.29) is 5.56 Å². The minimum atomic E-state index is -0.0672. The van der Waals surface area contributed by atoms with Gasteiger partial charge in [0.05, 0.1) is 11.9 Å². The van der Waals surface area contributed by atoms with Crippen LogP contribution < -0.4 is 10.9 Å². The fourth-order valence-corrected chi connectivity index (χ4v) is 2.47. The fraction of sp³-hybridized carbons (Fsp3) is 0.692. The molecule has 0 amide bonds. The molecule has 0 atom stereocenters. The van der Waals surface area contributed by atoms with Gasteiger partial charge in [0.1, 0.15) is 4.47 Å². The molecule has 0 aromatic carbocycles. The third-order valence-electron chi connectivity index (χ3n) is 3.37. The predicted octanol–water partition coefficient (Wildman–Crippen LogP) is 1.92. The maximum Gasteiger partial charge on any atom is 0.283 e. The fourth-order valence-electron chi connectivity index (χ4n) is 2.02. The number of nitrogens with zero attached hydrogens (tertiary/aromatic N) is 3. The summed E-state index contributed by atoms with van der Waals surface area (Å²) in [5.74, 6) is 0. The molecular formula is C13H21BrN4O. The molecule has 0 bridgehead atoms. The van der Waals surface area contributed by atoms with Crippen molar-refractivity contribution in [2.45, 2.75) is 38.8 Å². The zero-order chi connectivity index (χ0) is 13.8. The molecule has 19 heavy (non-hydrogen) atoms. The molecule has 5 nitrogen and oxygen atoms in total. The molecule has 0 unspecified atom stereocenters. The van der Waals surface area contributed by atoms with Crippen LogP contribution in [0.15, 0.2) is 15.5 Å². The van der Waals surface area contributed by atoms with Gasteiger partial charge in [0, 0.05) is 25.7 Å². The summed E-state index contributed by atoms with van der Waals surface area (Å²) in [6.45, 7) is 4.49. The third kappa shape index (κ3) is 3.79. The number of aryl methyl sites for hydroxylation is 1. The van der Waals surface area contributed by atoms with E-state index in [9.17, 15) is 4.79 Å². The molecule has 106 valence electrons. The number of likely N-dealkylation sites (N-methyl/N-ethyl adjacent to an activating group) is 1. The van der Waals surface area contributed by atoms with Crippen molar-refractivity contribution in [1.29, 1.82) is 0 Å². The van der Waals surface area contributed by atoms with E-state index in [2.05, 4.69) is 38.3 Å². The highest BCUT2D eigenvalue weighted by molar-refractivity contribution is 9.10. The van der Waals surface area contributed by atoms with E-state index in [1.54, 1.807) is 6.20 Å². The Bertz CT molecular complexity index is 484. The van der Waals surface area contributed by atoms with Crippen LogP contribution in [0.1, 0.15) is 26.2 Å². The normalized spacial score (nSPS) is 14.9. The minimum absolute atomic E-state index is 0.0672. The molecule has 1 N–H and O–H groups in total. The molecule has 1 heterocycles. The molecule has 6 heteroatoms. The molecule has 1 aromatic rings.